The van der Waals surface area contributed by atoms with Gasteiger partial charge in [0.2, 0.25) is 0 Å². The number of hydrogen-bond donors (Lipinski definition) is 0. The highest BCUT2D eigenvalue weighted by Gasteiger charge is 2.24. The Morgan fingerprint density at radius 1 is 0.920 bits per heavy atom. The third-order valence-electron chi connectivity index (χ3n) is 3.80. The molecule has 6 nitrogen and oxygen atoms in total. The van der Waals surface area contributed by atoms with E-state index in [9.17, 15) is 8.42 Å². The summed E-state index contributed by atoms with van der Waals surface area (Å²) in [5.74, 6) is 0. The lowest BCUT2D eigenvalue weighted by molar-refractivity contribution is 0.226. The zero-order valence-electron chi connectivity index (χ0n) is 14.2. The van der Waals surface area contributed by atoms with Gasteiger partial charge in [-0.1, -0.05) is 65.5 Å². The Kier molecular flexibility index (Phi) is 4.61. The molecule has 0 saturated heterocycles. The Hall–Kier alpha value is -2.64. The van der Waals surface area contributed by atoms with E-state index in [-0.39, 0.29) is 0 Å². The lowest BCUT2D eigenvalue weighted by Crippen LogP contribution is -2.33. The molecule has 3 rings (SSSR count). The molecule has 0 N–H and O–H groups in total. The minimum Gasteiger partial charge on any atom is -0.257 e. The van der Waals surface area contributed by atoms with Gasteiger partial charge >= 0.3 is 10.3 Å². The first-order valence-corrected chi connectivity index (χ1v) is 9.09. The topological polar surface area (TPSA) is 64.4 Å². The average molecular weight is 357 g/mol. The van der Waals surface area contributed by atoms with Crippen LogP contribution in [0.15, 0.2) is 60.7 Å². The molecule has 0 aliphatic heterocycles. The molecule has 0 unspecified atom stereocenters. The van der Waals surface area contributed by atoms with Gasteiger partial charge in [0.15, 0.2) is 0 Å². The first-order valence-electron chi connectivity index (χ1n) is 7.73. The molecule has 0 spiro atoms. The van der Waals surface area contributed by atoms with Gasteiger partial charge in [-0.05, 0) is 6.92 Å². The summed E-state index contributed by atoms with van der Waals surface area (Å²) >= 11 is 0. The molecular weight excluding hydrogens is 338 g/mol. The highest BCUT2D eigenvalue weighted by Crippen LogP contribution is 2.31. The van der Waals surface area contributed by atoms with Crippen LogP contribution in [0.25, 0.3) is 22.5 Å². The molecule has 0 fully saturated rings. The molecule has 0 bridgehead atoms. The summed E-state index contributed by atoms with van der Waals surface area (Å²) in [5.41, 5.74) is 3.83. The minimum absolute atomic E-state index is 0.602. The van der Waals surface area contributed by atoms with E-state index in [1.165, 1.54) is 14.1 Å². The van der Waals surface area contributed by atoms with E-state index in [0.29, 0.717) is 11.4 Å². The molecule has 3 aromatic rings. The minimum atomic E-state index is -3.93. The number of aromatic nitrogens is 2. The van der Waals surface area contributed by atoms with Gasteiger partial charge in [0, 0.05) is 30.8 Å². The van der Waals surface area contributed by atoms with Crippen molar-refractivity contribution in [2.75, 3.05) is 14.1 Å². The molecule has 25 heavy (non-hydrogen) atoms. The van der Waals surface area contributed by atoms with Gasteiger partial charge in [0.1, 0.15) is 5.69 Å². The highest BCUT2D eigenvalue weighted by atomic mass is 32.2. The number of rotatable bonds is 5. The largest absolute Gasteiger partial charge is 0.404 e. The molecular formula is C18H19N3O3S. The van der Waals surface area contributed by atoms with Gasteiger partial charge < -0.3 is 0 Å². The Morgan fingerprint density at radius 3 is 1.96 bits per heavy atom. The van der Waals surface area contributed by atoms with Crippen molar-refractivity contribution in [1.29, 1.82) is 0 Å². The molecule has 7 heteroatoms. The zero-order valence-corrected chi connectivity index (χ0v) is 15.1. The summed E-state index contributed by atoms with van der Waals surface area (Å²) in [6, 6.07) is 19.0. The Labute approximate surface area is 147 Å². The molecule has 0 aliphatic carbocycles. The maximum absolute atomic E-state index is 12.2. The zero-order chi connectivity index (χ0) is 18.0. The monoisotopic (exact) mass is 357 g/mol. The number of hydrogen-bond acceptors (Lipinski definition) is 4. The van der Waals surface area contributed by atoms with Crippen LogP contribution in [-0.2, 0) is 10.3 Å². The molecule has 0 atom stereocenters. The second-order valence-corrected chi connectivity index (χ2v) is 7.48. The van der Waals surface area contributed by atoms with Gasteiger partial charge in [-0.15, -0.1) is 5.10 Å². The van der Waals surface area contributed by atoms with Crippen molar-refractivity contribution >= 4 is 10.3 Å². The van der Waals surface area contributed by atoms with Crippen LogP contribution >= 0.6 is 0 Å². The van der Waals surface area contributed by atoms with E-state index < -0.39 is 10.3 Å². The Bertz CT molecular complexity index is 966. The van der Waals surface area contributed by atoms with Crippen molar-refractivity contribution < 1.29 is 12.7 Å². The van der Waals surface area contributed by atoms with E-state index in [2.05, 4.69) is 5.10 Å². The standard InChI is InChI=1S/C18H19N3O3S/c1-14-17(15-10-6-4-7-11-15)19-21(24-25(22,23)20(2)3)18(14)16-12-8-5-9-13-16/h4-13H,1-3H3. The van der Waals surface area contributed by atoms with Crippen LogP contribution in [0.2, 0.25) is 0 Å². The van der Waals surface area contributed by atoms with Crippen LogP contribution in [0.3, 0.4) is 0 Å². The summed E-state index contributed by atoms with van der Waals surface area (Å²) < 4.78 is 30.6. The first-order chi connectivity index (χ1) is 11.9. The first kappa shape index (κ1) is 17.2. The number of benzene rings is 2. The molecule has 0 aliphatic rings. The van der Waals surface area contributed by atoms with Crippen molar-refractivity contribution in [1.82, 2.24) is 14.2 Å². The third kappa shape index (κ3) is 3.42. The fourth-order valence-electron chi connectivity index (χ4n) is 2.47. The maximum atomic E-state index is 12.2. The van der Waals surface area contributed by atoms with Crippen LogP contribution in [0.1, 0.15) is 5.56 Å². The summed E-state index contributed by atoms with van der Waals surface area (Å²) in [6.45, 7) is 1.90. The summed E-state index contributed by atoms with van der Waals surface area (Å²) in [6.07, 6.45) is 0. The fraction of sp³-hybridized carbons (Fsp3) is 0.167. The van der Waals surface area contributed by atoms with E-state index in [0.717, 1.165) is 25.8 Å². The molecule has 2 aromatic carbocycles. The molecule has 130 valence electrons. The van der Waals surface area contributed by atoms with Crippen molar-refractivity contribution in [3.05, 3.63) is 66.2 Å². The second kappa shape index (κ2) is 6.70. The van der Waals surface area contributed by atoms with Gasteiger partial charge in [-0.25, -0.2) is 0 Å². The van der Waals surface area contributed by atoms with Crippen LogP contribution in [0.4, 0.5) is 0 Å². The van der Waals surface area contributed by atoms with Crippen LogP contribution in [-0.4, -0.2) is 36.8 Å². The molecule has 0 saturated carbocycles. The van der Waals surface area contributed by atoms with Crippen molar-refractivity contribution in [2.24, 2.45) is 0 Å². The summed E-state index contributed by atoms with van der Waals surface area (Å²) in [4.78, 5) is 1.09. The smallest absolute Gasteiger partial charge is 0.257 e. The van der Waals surface area contributed by atoms with Crippen LogP contribution in [0, 0.1) is 6.92 Å². The predicted molar refractivity (Wildman–Crippen MR) is 97.0 cm³/mol. The van der Waals surface area contributed by atoms with E-state index in [1.54, 1.807) is 0 Å². The van der Waals surface area contributed by atoms with Gasteiger partial charge in [-0.2, -0.15) is 12.7 Å². The second-order valence-electron chi connectivity index (χ2n) is 5.74. The molecule has 0 radical (unpaired) electrons. The van der Waals surface area contributed by atoms with Gasteiger partial charge in [0.25, 0.3) is 0 Å². The molecule has 1 aromatic heterocycles. The molecule has 0 amide bonds. The summed E-state index contributed by atoms with van der Waals surface area (Å²) in [5, 5.41) is 4.41. The van der Waals surface area contributed by atoms with Crippen LogP contribution < -0.4 is 4.28 Å². The van der Waals surface area contributed by atoms with Crippen molar-refractivity contribution in [3.63, 3.8) is 0 Å². The lowest BCUT2D eigenvalue weighted by Gasteiger charge is -2.13. The van der Waals surface area contributed by atoms with Crippen molar-refractivity contribution in [3.8, 4) is 22.5 Å². The Morgan fingerprint density at radius 2 is 1.44 bits per heavy atom. The molecule has 1 heterocycles. The number of nitrogens with zero attached hydrogens (tertiary/aromatic N) is 3. The van der Waals surface area contributed by atoms with Crippen molar-refractivity contribution in [2.45, 2.75) is 6.92 Å². The highest BCUT2D eigenvalue weighted by molar-refractivity contribution is 7.84. The average Bonchev–Trinajstić information content (AvgIpc) is 2.92. The Balaban J connectivity index is 2.19. The SMILES string of the molecule is Cc1c(-c2ccccc2)nn(OS(=O)(=O)N(C)C)c1-c1ccccc1. The normalized spacial score (nSPS) is 11.7. The fourth-order valence-corrected chi connectivity index (χ4v) is 2.89. The van der Waals surface area contributed by atoms with E-state index in [1.807, 2.05) is 67.6 Å². The van der Waals surface area contributed by atoms with Crippen LogP contribution in [0.5, 0.6) is 0 Å². The lowest BCUT2D eigenvalue weighted by atomic mass is 10.0. The van der Waals surface area contributed by atoms with E-state index in [4.69, 9.17) is 4.28 Å². The summed E-state index contributed by atoms with van der Waals surface area (Å²) in [7, 11) is -1.12. The van der Waals surface area contributed by atoms with Gasteiger partial charge in [-0.3, -0.25) is 4.28 Å². The predicted octanol–water partition coefficient (Wildman–Crippen LogP) is 2.76. The van der Waals surface area contributed by atoms with Gasteiger partial charge in [0.05, 0.1) is 5.69 Å². The third-order valence-corrected chi connectivity index (χ3v) is 5.02. The van der Waals surface area contributed by atoms with E-state index >= 15 is 0 Å². The maximum Gasteiger partial charge on any atom is 0.404 e. The quantitative estimate of drug-likeness (QED) is 0.704.